The maximum absolute atomic E-state index is 13.6. The van der Waals surface area contributed by atoms with E-state index in [2.05, 4.69) is 37.2 Å². The zero-order chi connectivity index (χ0) is 22.4. The van der Waals surface area contributed by atoms with Crippen LogP contribution >= 0.6 is 43.5 Å². The summed E-state index contributed by atoms with van der Waals surface area (Å²) in [5, 5.41) is 14.7. The van der Waals surface area contributed by atoms with Gasteiger partial charge in [0, 0.05) is 23.2 Å². The van der Waals surface area contributed by atoms with Gasteiger partial charge in [0.25, 0.3) is 0 Å². The van der Waals surface area contributed by atoms with Crippen LogP contribution < -0.4 is 5.32 Å². The summed E-state index contributed by atoms with van der Waals surface area (Å²) >= 11 is 12.5. The molecule has 0 spiro atoms. The van der Waals surface area contributed by atoms with Gasteiger partial charge in [0.05, 0.1) is 22.1 Å². The summed E-state index contributed by atoms with van der Waals surface area (Å²) in [6.45, 7) is 4.57. The van der Waals surface area contributed by atoms with Gasteiger partial charge in [0.2, 0.25) is 0 Å². The molecule has 1 N–H and O–H groups in total. The Morgan fingerprint density at radius 1 is 1.27 bits per heavy atom. The van der Waals surface area contributed by atoms with Crippen LogP contribution in [0.25, 0.3) is 0 Å². The number of nitrogens with one attached hydrogen (secondary N) is 1. The van der Waals surface area contributed by atoms with E-state index in [9.17, 15) is 19.3 Å². The lowest BCUT2D eigenvalue weighted by Crippen LogP contribution is -2.26. The van der Waals surface area contributed by atoms with Crippen LogP contribution in [0.2, 0.25) is 5.02 Å². The molecule has 11 heteroatoms. The van der Waals surface area contributed by atoms with Crippen molar-refractivity contribution in [1.82, 2.24) is 0 Å². The van der Waals surface area contributed by atoms with E-state index in [4.69, 9.17) is 21.1 Å². The topological polar surface area (TPSA) is 90.7 Å². The van der Waals surface area contributed by atoms with Crippen molar-refractivity contribution in [3.8, 4) is 0 Å². The average Bonchev–Trinajstić information content (AvgIpc) is 2.67. The minimum absolute atomic E-state index is 0.0290. The Hall–Kier alpha value is -1.59. The zero-order valence-electron chi connectivity index (χ0n) is 16.0. The summed E-state index contributed by atoms with van der Waals surface area (Å²) in [7, 11) is 0. The first kappa shape index (κ1) is 24.7. The molecular weight excluding hydrogens is 550 g/mol. The quantitative estimate of drug-likeness (QED) is 0.165. The van der Waals surface area contributed by atoms with Gasteiger partial charge in [0.15, 0.2) is 12.1 Å². The van der Waals surface area contributed by atoms with Gasteiger partial charge in [-0.15, -0.1) is 0 Å². The Bertz CT molecular complexity index is 955. The van der Waals surface area contributed by atoms with Crippen molar-refractivity contribution in [1.29, 1.82) is 0 Å². The van der Waals surface area contributed by atoms with E-state index in [1.165, 1.54) is 12.1 Å². The first-order valence-electron chi connectivity index (χ1n) is 8.84. The van der Waals surface area contributed by atoms with Crippen LogP contribution in [0.3, 0.4) is 0 Å². The van der Waals surface area contributed by atoms with Crippen LogP contribution in [-0.2, 0) is 9.47 Å². The molecule has 2 rings (SSSR count). The molecule has 0 bridgehead atoms. The first-order valence-corrected chi connectivity index (χ1v) is 10.8. The van der Waals surface area contributed by atoms with E-state index < -0.39 is 22.8 Å². The van der Waals surface area contributed by atoms with Gasteiger partial charge >= 0.3 is 5.69 Å². The lowest BCUT2D eigenvalue weighted by Gasteiger charge is -2.19. The van der Waals surface area contributed by atoms with E-state index in [0.717, 1.165) is 12.1 Å². The van der Waals surface area contributed by atoms with Crippen LogP contribution in [0.15, 0.2) is 33.2 Å². The van der Waals surface area contributed by atoms with E-state index in [0.29, 0.717) is 13.2 Å². The predicted molar refractivity (Wildman–Crippen MR) is 119 cm³/mol. The normalized spacial score (nSPS) is 11.0. The van der Waals surface area contributed by atoms with Crippen LogP contribution in [0.1, 0.15) is 29.8 Å². The smallest absolute Gasteiger partial charge is 0.307 e. The third-order valence-electron chi connectivity index (χ3n) is 3.94. The van der Waals surface area contributed by atoms with Crippen molar-refractivity contribution in [3.05, 3.63) is 65.3 Å². The maximum atomic E-state index is 13.6. The number of carbonyl (C=O) groups excluding carboxylic acids is 1. The largest absolute Gasteiger partial charge is 0.374 e. The van der Waals surface area contributed by atoms with Crippen LogP contribution in [0, 0.1) is 15.9 Å². The molecule has 2 aromatic rings. The van der Waals surface area contributed by atoms with Gasteiger partial charge in [-0.2, -0.15) is 0 Å². The van der Waals surface area contributed by atoms with Crippen molar-refractivity contribution in [2.45, 2.75) is 20.1 Å². The summed E-state index contributed by atoms with van der Waals surface area (Å²) < 4.78 is 24.7. The number of nitro benzene ring substituents is 1. The summed E-state index contributed by atoms with van der Waals surface area (Å²) in [6, 6.07) is 4.75. The molecule has 162 valence electrons. The fourth-order valence-corrected chi connectivity index (χ4v) is 4.50. The second-order valence-corrected chi connectivity index (χ2v) is 7.93. The van der Waals surface area contributed by atoms with Crippen molar-refractivity contribution in [2.75, 3.05) is 25.1 Å². The molecule has 0 aliphatic carbocycles. The second-order valence-electron chi connectivity index (χ2n) is 5.88. The molecule has 0 unspecified atom stereocenters. The summed E-state index contributed by atoms with van der Waals surface area (Å²) in [4.78, 5) is 24.1. The zero-order valence-corrected chi connectivity index (χ0v) is 19.9. The van der Waals surface area contributed by atoms with Crippen LogP contribution in [0.5, 0.6) is 0 Å². The number of halogens is 4. The standard InChI is InChI=1S/C19H18Br2ClFN2O5/c1-3-29-15(30-4-2)9-24-14-8-12(20)16(17(21)18(14)25(27)28)19(26)11-7-10(23)5-6-13(11)22/h5-8,15,24H,3-4,9H2,1-2H3. The summed E-state index contributed by atoms with van der Waals surface area (Å²) in [5.41, 5.74) is -0.377. The van der Waals surface area contributed by atoms with Crippen molar-refractivity contribution in [2.24, 2.45) is 0 Å². The molecule has 0 fully saturated rings. The number of hydrogen-bond acceptors (Lipinski definition) is 6. The van der Waals surface area contributed by atoms with Crippen molar-refractivity contribution in [3.63, 3.8) is 0 Å². The molecular formula is C19H18Br2ClFN2O5. The summed E-state index contributed by atoms with van der Waals surface area (Å²) in [5.74, 6) is -1.32. The predicted octanol–water partition coefficient (Wildman–Crippen LogP) is 5.95. The van der Waals surface area contributed by atoms with Crippen LogP contribution in [-0.4, -0.2) is 36.8 Å². The highest BCUT2D eigenvalue weighted by atomic mass is 79.9. The van der Waals surface area contributed by atoms with Gasteiger partial charge in [0.1, 0.15) is 16.0 Å². The number of rotatable bonds is 10. The number of benzene rings is 2. The number of ether oxygens (including phenoxy) is 2. The maximum Gasteiger partial charge on any atom is 0.307 e. The third-order valence-corrected chi connectivity index (χ3v) is 5.67. The molecule has 0 aromatic heterocycles. The first-order chi connectivity index (χ1) is 14.2. The Labute approximate surface area is 194 Å². The van der Waals surface area contributed by atoms with E-state index >= 15 is 0 Å². The van der Waals surface area contributed by atoms with Crippen molar-refractivity contribution < 1.29 is 23.6 Å². The van der Waals surface area contributed by atoms with E-state index in [-0.39, 0.29) is 43.0 Å². The molecule has 0 saturated heterocycles. The second kappa shape index (κ2) is 11.1. The lowest BCUT2D eigenvalue weighted by molar-refractivity contribution is -0.384. The molecule has 0 atom stereocenters. The number of nitro groups is 1. The Kier molecular flexibility index (Phi) is 9.17. The Morgan fingerprint density at radius 3 is 2.47 bits per heavy atom. The van der Waals surface area contributed by atoms with Crippen LogP contribution in [0.4, 0.5) is 15.8 Å². The number of carbonyl (C=O) groups is 1. The minimum Gasteiger partial charge on any atom is -0.374 e. The molecule has 2 aromatic carbocycles. The molecule has 0 aliphatic rings. The number of hydrogen-bond donors (Lipinski definition) is 1. The molecule has 7 nitrogen and oxygen atoms in total. The van der Waals surface area contributed by atoms with Gasteiger partial charge in [-0.3, -0.25) is 14.9 Å². The highest BCUT2D eigenvalue weighted by Gasteiger charge is 2.29. The molecule has 0 saturated carbocycles. The minimum atomic E-state index is -0.672. The lowest BCUT2D eigenvalue weighted by atomic mass is 10.0. The number of ketones is 1. The average molecular weight is 569 g/mol. The fourth-order valence-electron chi connectivity index (χ4n) is 2.67. The van der Waals surface area contributed by atoms with Gasteiger partial charge < -0.3 is 14.8 Å². The highest BCUT2D eigenvalue weighted by Crippen LogP contribution is 2.41. The molecule has 0 aliphatic heterocycles. The highest BCUT2D eigenvalue weighted by molar-refractivity contribution is 9.11. The van der Waals surface area contributed by atoms with E-state index in [1.54, 1.807) is 13.8 Å². The molecule has 0 radical (unpaired) electrons. The van der Waals surface area contributed by atoms with Gasteiger partial charge in [-0.25, -0.2) is 4.39 Å². The molecule has 30 heavy (non-hydrogen) atoms. The fraction of sp³-hybridized carbons (Fsp3) is 0.316. The monoisotopic (exact) mass is 566 g/mol. The Morgan fingerprint density at radius 2 is 1.90 bits per heavy atom. The number of anilines is 1. The van der Waals surface area contributed by atoms with Crippen molar-refractivity contribution >= 4 is 60.6 Å². The molecule has 0 amide bonds. The summed E-state index contributed by atoms with van der Waals surface area (Å²) in [6.07, 6.45) is -0.607. The Balaban J connectivity index is 2.48. The molecule has 0 heterocycles. The van der Waals surface area contributed by atoms with Gasteiger partial charge in [-0.1, -0.05) is 11.6 Å². The SMILES string of the molecule is CCOC(CNc1cc(Br)c(C(=O)c2cc(F)ccc2Cl)c(Br)c1[N+](=O)[O-])OCC. The van der Waals surface area contributed by atoms with E-state index in [1.807, 2.05) is 0 Å². The van der Waals surface area contributed by atoms with Gasteiger partial charge in [-0.05, 0) is 70.0 Å². The third kappa shape index (κ3) is 5.76. The number of nitrogens with zero attached hydrogens (tertiary/aromatic N) is 1.